The Hall–Kier alpha value is -3.58. The van der Waals surface area contributed by atoms with Gasteiger partial charge in [0.2, 0.25) is 0 Å². The zero-order valence-corrected chi connectivity index (χ0v) is 19.2. The first-order valence-electron chi connectivity index (χ1n) is 10.2. The van der Waals surface area contributed by atoms with E-state index in [2.05, 4.69) is 26.2 Å². The molecule has 0 saturated heterocycles. The van der Waals surface area contributed by atoms with Gasteiger partial charge in [0.25, 0.3) is 5.56 Å². The number of para-hydroxylation sites is 1. The topological polar surface area (TPSA) is 65.6 Å². The van der Waals surface area contributed by atoms with Gasteiger partial charge in [-0.15, -0.1) is 5.10 Å². The van der Waals surface area contributed by atoms with Gasteiger partial charge in [-0.1, -0.05) is 63.6 Å². The molecule has 0 bridgehead atoms. The van der Waals surface area contributed by atoms with E-state index in [0.717, 1.165) is 32.5 Å². The number of benzene rings is 3. The van der Waals surface area contributed by atoms with Gasteiger partial charge in [0.1, 0.15) is 18.1 Å². The second kappa shape index (κ2) is 8.16. The fourth-order valence-electron chi connectivity index (χ4n) is 3.88. The van der Waals surface area contributed by atoms with Gasteiger partial charge in [-0.2, -0.15) is 0 Å². The standard InChI is InChI=1S/C25H20BrN5O/c1-16-6-3-4-9-22(16)31-23(27-20-8-5-7-17(2)24(20)25(31)32)15-30-14-21(28-29-30)18-10-12-19(26)13-11-18/h3-14H,15H2,1-2H3. The van der Waals surface area contributed by atoms with Crippen molar-refractivity contribution in [2.75, 3.05) is 0 Å². The molecule has 6 nitrogen and oxygen atoms in total. The molecule has 158 valence electrons. The van der Waals surface area contributed by atoms with E-state index in [1.807, 2.05) is 86.8 Å². The minimum atomic E-state index is -0.0781. The van der Waals surface area contributed by atoms with Crippen LogP contribution in [0.25, 0.3) is 27.8 Å². The van der Waals surface area contributed by atoms with Crippen LogP contribution in [0.4, 0.5) is 0 Å². The minimum Gasteiger partial charge on any atom is -0.268 e. The molecule has 5 rings (SSSR count). The number of aromatic nitrogens is 5. The number of rotatable bonds is 4. The third kappa shape index (κ3) is 3.65. The Labute approximate surface area is 193 Å². The monoisotopic (exact) mass is 485 g/mol. The average molecular weight is 486 g/mol. The largest absolute Gasteiger partial charge is 0.268 e. The summed E-state index contributed by atoms with van der Waals surface area (Å²) in [5.41, 5.74) is 5.07. The molecule has 0 unspecified atom stereocenters. The van der Waals surface area contributed by atoms with Crippen molar-refractivity contribution < 1.29 is 0 Å². The quantitative estimate of drug-likeness (QED) is 0.356. The Morgan fingerprint density at radius 1 is 0.906 bits per heavy atom. The highest BCUT2D eigenvalue weighted by Crippen LogP contribution is 2.21. The van der Waals surface area contributed by atoms with Crippen LogP contribution in [0.15, 0.2) is 82.2 Å². The molecule has 0 aliphatic rings. The maximum absolute atomic E-state index is 13.6. The fraction of sp³-hybridized carbons (Fsp3) is 0.120. The number of hydrogen-bond acceptors (Lipinski definition) is 4. The molecule has 2 heterocycles. The lowest BCUT2D eigenvalue weighted by Gasteiger charge is -2.16. The van der Waals surface area contributed by atoms with Gasteiger partial charge in [0.15, 0.2) is 0 Å². The summed E-state index contributed by atoms with van der Waals surface area (Å²) in [5, 5.41) is 9.24. The first kappa shape index (κ1) is 20.3. The van der Waals surface area contributed by atoms with E-state index in [-0.39, 0.29) is 5.56 Å². The van der Waals surface area contributed by atoms with E-state index < -0.39 is 0 Å². The lowest BCUT2D eigenvalue weighted by Crippen LogP contribution is -2.26. The van der Waals surface area contributed by atoms with E-state index in [9.17, 15) is 4.79 Å². The van der Waals surface area contributed by atoms with Gasteiger partial charge in [0, 0.05) is 10.0 Å². The third-order valence-corrected chi connectivity index (χ3v) is 6.04. The lowest BCUT2D eigenvalue weighted by molar-refractivity contribution is 0.610. The highest BCUT2D eigenvalue weighted by Gasteiger charge is 2.16. The average Bonchev–Trinajstić information content (AvgIpc) is 3.24. The zero-order valence-electron chi connectivity index (χ0n) is 17.7. The Morgan fingerprint density at radius 3 is 2.44 bits per heavy atom. The van der Waals surface area contributed by atoms with Crippen LogP contribution in [0.3, 0.4) is 0 Å². The Bertz CT molecular complexity index is 1500. The molecular formula is C25H20BrN5O. The van der Waals surface area contributed by atoms with E-state index in [0.29, 0.717) is 23.3 Å². The fourth-order valence-corrected chi connectivity index (χ4v) is 4.15. The van der Waals surface area contributed by atoms with Gasteiger partial charge < -0.3 is 0 Å². The van der Waals surface area contributed by atoms with Crippen LogP contribution in [-0.2, 0) is 6.54 Å². The van der Waals surface area contributed by atoms with Gasteiger partial charge in [-0.3, -0.25) is 9.36 Å². The summed E-state index contributed by atoms with van der Waals surface area (Å²) in [6.45, 7) is 4.25. The molecule has 0 N–H and O–H groups in total. The molecule has 7 heteroatoms. The van der Waals surface area contributed by atoms with Crippen molar-refractivity contribution in [2.24, 2.45) is 0 Å². The minimum absolute atomic E-state index is 0.0781. The van der Waals surface area contributed by atoms with Gasteiger partial charge in [-0.05, 0) is 49.2 Å². The van der Waals surface area contributed by atoms with E-state index in [4.69, 9.17) is 4.98 Å². The number of fused-ring (bicyclic) bond motifs is 1. The van der Waals surface area contributed by atoms with Crippen molar-refractivity contribution in [2.45, 2.75) is 20.4 Å². The van der Waals surface area contributed by atoms with Crippen LogP contribution in [0.2, 0.25) is 0 Å². The van der Waals surface area contributed by atoms with Crippen LogP contribution in [-0.4, -0.2) is 24.5 Å². The SMILES string of the molecule is Cc1ccccc1-n1c(Cn2cc(-c3ccc(Br)cc3)nn2)nc2cccc(C)c2c1=O. The van der Waals surface area contributed by atoms with Crippen molar-refractivity contribution in [3.63, 3.8) is 0 Å². The van der Waals surface area contributed by atoms with Crippen LogP contribution < -0.4 is 5.56 Å². The second-order valence-corrected chi connectivity index (χ2v) is 8.65. The Balaban J connectivity index is 1.66. The summed E-state index contributed by atoms with van der Waals surface area (Å²) >= 11 is 3.45. The summed E-state index contributed by atoms with van der Waals surface area (Å²) in [6, 6.07) is 21.5. The van der Waals surface area contributed by atoms with E-state index >= 15 is 0 Å². The molecule has 0 aliphatic carbocycles. The number of nitrogens with zero attached hydrogens (tertiary/aromatic N) is 5. The highest BCUT2D eigenvalue weighted by molar-refractivity contribution is 9.10. The predicted molar refractivity (Wildman–Crippen MR) is 129 cm³/mol. The summed E-state index contributed by atoms with van der Waals surface area (Å²) in [6.07, 6.45) is 1.87. The van der Waals surface area contributed by atoms with E-state index in [1.165, 1.54) is 0 Å². The van der Waals surface area contributed by atoms with Crippen LogP contribution in [0, 0.1) is 13.8 Å². The van der Waals surface area contributed by atoms with Crippen LogP contribution in [0.5, 0.6) is 0 Å². The normalized spacial score (nSPS) is 11.2. The molecule has 32 heavy (non-hydrogen) atoms. The molecule has 3 aromatic carbocycles. The summed E-state index contributed by atoms with van der Waals surface area (Å²) in [5.74, 6) is 0.606. The molecule has 5 aromatic rings. The Morgan fingerprint density at radius 2 is 1.66 bits per heavy atom. The Kier molecular flexibility index (Phi) is 5.19. The first-order chi connectivity index (χ1) is 15.5. The third-order valence-electron chi connectivity index (χ3n) is 5.51. The number of halogens is 1. The summed E-state index contributed by atoms with van der Waals surface area (Å²) in [4.78, 5) is 18.5. The molecule has 0 atom stereocenters. The van der Waals surface area contributed by atoms with Crippen molar-refractivity contribution in [3.8, 4) is 16.9 Å². The molecule has 0 radical (unpaired) electrons. The van der Waals surface area contributed by atoms with Crippen molar-refractivity contribution in [1.29, 1.82) is 0 Å². The smallest absolute Gasteiger partial charge is 0.266 e. The predicted octanol–water partition coefficient (Wildman–Crippen LogP) is 5.07. The molecular weight excluding hydrogens is 466 g/mol. The van der Waals surface area contributed by atoms with Gasteiger partial charge in [-0.25, -0.2) is 9.67 Å². The summed E-state index contributed by atoms with van der Waals surface area (Å²) in [7, 11) is 0. The molecule has 0 fully saturated rings. The van der Waals surface area contributed by atoms with Crippen LogP contribution in [0.1, 0.15) is 17.0 Å². The zero-order chi connectivity index (χ0) is 22.2. The second-order valence-electron chi connectivity index (χ2n) is 7.73. The van der Waals surface area contributed by atoms with Gasteiger partial charge in [0.05, 0.1) is 22.8 Å². The van der Waals surface area contributed by atoms with Gasteiger partial charge >= 0.3 is 0 Å². The number of hydrogen-bond donors (Lipinski definition) is 0. The molecule has 0 saturated carbocycles. The first-order valence-corrected chi connectivity index (χ1v) is 11.0. The van der Waals surface area contributed by atoms with E-state index in [1.54, 1.807) is 9.25 Å². The van der Waals surface area contributed by atoms with Crippen molar-refractivity contribution >= 4 is 26.8 Å². The summed E-state index contributed by atoms with van der Waals surface area (Å²) < 4.78 is 4.42. The maximum Gasteiger partial charge on any atom is 0.266 e. The molecule has 0 spiro atoms. The maximum atomic E-state index is 13.6. The lowest BCUT2D eigenvalue weighted by atomic mass is 10.1. The highest BCUT2D eigenvalue weighted by atomic mass is 79.9. The molecule has 0 aliphatic heterocycles. The van der Waals surface area contributed by atoms with Crippen molar-refractivity contribution in [1.82, 2.24) is 24.5 Å². The van der Waals surface area contributed by atoms with Crippen molar-refractivity contribution in [3.05, 3.63) is 105 Å². The molecule has 2 aromatic heterocycles. The molecule has 0 amide bonds. The number of aryl methyl sites for hydroxylation is 2. The van der Waals surface area contributed by atoms with Crippen LogP contribution >= 0.6 is 15.9 Å².